The van der Waals surface area contributed by atoms with E-state index in [0.717, 1.165) is 30.4 Å². The summed E-state index contributed by atoms with van der Waals surface area (Å²) in [7, 11) is 0.687. The molecule has 3 aromatic rings. The average Bonchev–Trinajstić information content (AvgIpc) is 2.87. The molecule has 1 aliphatic rings. The Labute approximate surface area is 154 Å². The minimum atomic E-state index is -3.48. The topological polar surface area (TPSA) is 42.3 Å². The Morgan fingerprint density at radius 3 is 2.40 bits per heavy atom. The van der Waals surface area contributed by atoms with Crippen LogP contribution in [0.3, 0.4) is 0 Å². The van der Waals surface area contributed by atoms with Crippen LogP contribution in [0.5, 0.6) is 0 Å². The Kier molecular flexibility index (Phi) is 4.66. The first-order chi connectivity index (χ1) is 11.5. The molecule has 1 aromatic heterocycles. The van der Waals surface area contributed by atoms with Gasteiger partial charge >= 0.3 is 0 Å². The summed E-state index contributed by atoms with van der Waals surface area (Å²) in [6.45, 7) is 1.90. The molecule has 0 unspecified atom stereocenters. The highest BCUT2D eigenvalue weighted by molar-refractivity contribution is 7.91. The normalized spacial score (nSPS) is 15.0. The molecule has 0 saturated carbocycles. The van der Waals surface area contributed by atoms with Crippen LogP contribution in [0.25, 0.3) is 10.9 Å². The average molecular weight is 377 g/mol. The van der Waals surface area contributed by atoms with E-state index in [0.29, 0.717) is 9.79 Å². The number of hydrogen-bond acceptors (Lipinski definition) is 3. The summed E-state index contributed by atoms with van der Waals surface area (Å²) in [6, 6.07) is 14.1. The van der Waals surface area contributed by atoms with E-state index in [-0.39, 0.29) is 12.4 Å². The van der Waals surface area contributed by atoms with Crippen molar-refractivity contribution in [2.75, 3.05) is 13.6 Å². The Balaban J connectivity index is 0.00000182. The van der Waals surface area contributed by atoms with Crippen molar-refractivity contribution in [3.05, 3.63) is 59.8 Å². The van der Waals surface area contributed by atoms with Gasteiger partial charge in [0.25, 0.3) is 0 Å². The molecule has 0 saturated heterocycles. The third kappa shape index (κ3) is 2.86. The molecule has 0 atom stereocenters. The van der Waals surface area contributed by atoms with Crippen LogP contribution in [0, 0.1) is 0 Å². The summed E-state index contributed by atoms with van der Waals surface area (Å²) >= 11 is 0. The van der Waals surface area contributed by atoms with Gasteiger partial charge in [-0.3, -0.25) is 0 Å². The standard InChI is InChI=1S/C19H20N2O2S.ClH/c1-20-11-10-19-17(13-20)16-12-15(8-9-18(16)21(19)2)24(22,23)14-6-4-3-5-7-14;/h3-9,12H,10-11,13H2,1-2H3;1H. The fourth-order valence-electron chi connectivity index (χ4n) is 3.60. The molecule has 2 heterocycles. The fourth-order valence-corrected chi connectivity index (χ4v) is 4.90. The minimum absolute atomic E-state index is 0. The molecule has 6 heteroatoms. The number of fused-ring (bicyclic) bond motifs is 3. The molecule has 0 bridgehead atoms. The van der Waals surface area contributed by atoms with Gasteiger partial charge in [0, 0.05) is 43.2 Å². The predicted octanol–water partition coefficient (Wildman–Crippen LogP) is 3.42. The zero-order valence-corrected chi connectivity index (χ0v) is 15.9. The highest BCUT2D eigenvalue weighted by Gasteiger charge is 2.23. The smallest absolute Gasteiger partial charge is 0.206 e. The van der Waals surface area contributed by atoms with Gasteiger partial charge in [0.05, 0.1) is 9.79 Å². The van der Waals surface area contributed by atoms with Crippen LogP contribution in [0.1, 0.15) is 11.3 Å². The SMILES string of the molecule is CN1CCc2c(c3cc(S(=O)(=O)c4ccccc4)ccc3n2C)C1.Cl. The van der Waals surface area contributed by atoms with Gasteiger partial charge in [0.2, 0.25) is 9.84 Å². The summed E-state index contributed by atoms with van der Waals surface area (Å²) < 4.78 is 28.0. The van der Waals surface area contributed by atoms with Crippen molar-refractivity contribution in [1.82, 2.24) is 9.47 Å². The number of nitrogens with zero attached hydrogens (tertiary/aromatic N) is 2. The summed E-state index contributed by atoms with van der Waals surface area (Å²) in [5, 5.41) is 1.05. The molecule has 4 rings (SSSR count). The molecule has 1 aliphatic heterocycles. The monoisotopic (exact) mass is 376 g/mol. The van der Waals surface area contributed by atoms with E-state index in [9.17, 15) is 8.42 Å². The van der Waals surface area contributed by atoms with E-state index >= 15 is 0 Å². The molecule has 0 radical (unpaired) electrons. The Morgan fingerprint density at radius 1 is 0.960 bits per heavy atom. The Bertz CT molecular complexity index is 1030. The lowest BCUT2D eigenvalue weighted by atomic mass is 10.1. The molecule has 25 heavy (non-hydrogen) atoms. The second-order valence-electron chi connectivity index (χ2n) is 6.47. The van der Waals surface area contributed by atoms with Crippen LogP contribution in [0.15, 0.2) is 58.3 Å². The van der Waals surface area contributed by atoms with E-state index in [4.69, 9.17) is 0 Å². The zero-order chi connectivity index (χ0) is 16.9. The third-order valence-electron chi connectivity index (χ3n) is 4.93. The lowest BCUT2D eigenvalue weighted by molar-refractivity contribution is 0.310. The molecule has 0 fully saturated rings. The second kappa shape index (κ2) is 6.48. The van der Waals surface area contributed by atoms with Gasteiger partial charge in [-0.1, -0.05) is 18.2 Å². The van der Waals surface area contributed by atoms with Crippen LogP contribution in [0.2, 0.25) is 0 Å². The number of hydrogen-bond donors (Lipinski definition) is 0. The predicted molar refractivity (Wildman–Crippen MR) is 102 cm³/mol. The number of halogens is 1. The van der Waals surface area contributed by atoms with E-state index in [2.05, 4.69) is 23.6 Å². The van der Waals surface area contributed by atoms with Crippen LogP contribution < -0.4 is 0 Å². The number of rotatable bonds is 2. The van der Waals surface area contributed by atoms with Gasteiger partial charge < -0.3 is 9.47 Å². The van der Waals surface area contributed by atoms with Gasteiger partial charge in [-0.25, -0.2) is 8.42 Å². The Hall–Kier alpha value is -1.82. The molecule has 0 amide bonds. The summed E-state index contributed by atoms with van der Waals surface area (Å²) in [5.74, 6) is 0. The van der Waals surface area contributed by atoms with Crippen LogP contribution in [-0.2, 0) is 29.9 Å². The highest BCUT2D eigenvalue weighted by Crippen LogP contribution is 2.32. The summed E-state index contributed by atoms with van der Waals surface area (Å²) in [6.07, 6.45) is 0.998. The van der Waals surface area contributed by atoms with E-state index in [1.807, 2.05) is 18.2 Å². The van der Waals surface area contributed by atoms with Gasteiger partial charge in [-0.2, -0.15) is 0 Å². The van der Waals surface area contributed by atoms with Gasteiger partial charge in [-0.05, 0) is 42.9 Å². The first-order valence-electron chi connectivity index (χ1n) is 8.07. The van der Waals surface area contributed by atoms with E-state index < -0.39 is 9.84 Å². The van der Waals surface area contributed by atoms with Crippen molar-refractivity contribution in [2.24, 2.45) is 7.05 Å². The van der Waals surface area contributed by atoms with Gasteiger partial charge in [0.15, 0.2) is 0 Å². The first-order valence-corrected chi connectivity index (χ1v) is 9.55. The van der Waals surface area contributed by atoms with Crippen LogP contribution in [0.4, 0.5) is 0 Å². The van der Waals surface area contributed by atoms with Gasteiger partial charge in [0.1, 0.15) is 0 Å². The maximum atomic E-state index is 12.9. The Morgan fingerprint density at radius 2 is 1.68 bits per heavy atom. The fraction of sp³-hybridized carbons (Fsp3) is 0.263. The molecule has 132 valence electrons. The summed E-state index contributed by atoms with van der Waals surface area (Å²) in [5.41, 5.74) is 3.67. The number of aromatic nitrogens is 1. The lowest BCUT2D eigenvalue weighted by Crippen LogP contribution is -2.26. The summed E-state index contributed by atoms with van der Waals surface area (Å²) in [4.78, 5) is 2.98. The molecular weight excluding hydrogens is 356 g/mol. The first kappa shape index (κ1) is 18.0. The van der Waals surface area contributed by atoms with E-state index in [1.54, 1.807) is 30.3 Å². The van der Waals surface area contributed by atoms with Gasteiger partial charge in [-0.15, -0.1) is 12.4 Å². The van der Waals surface area contributed by atoms with E-state index in [1.165, 1.54) is 11.3 Å². The highest BCUT2D eigenvalue weighted by atomic mass is 35.5. The van der Waals surface area contributed by atoms with Crippen molar-refractivity contribution in [3.63, 3.8) is 0 Å². The molecule has 0 spiro atoms. The minimum Gasteiger partial charge on any atom is -0.347 e. The van der Waals surface area contributed by atoms with Crippen molar-refractivity contribution in [3.8, 4) is 0 Å². The number of likely N-dealkylation sites (N-methyl/N-ethyl adjacent to an activating group) is 1. The van der Waals surface area contributed by atoms with Crippen molar-refractivity contribution < 1.29 is 8.42 Å². The zero-order valence-electron chi connectivity index (χ0n) is 14.3. The van der Waals surface area contributed by atoms with Crippen LogP contribution >= 0.6 is 12.4 Å². The van der Waals surface area contributed by atoms with Crippen molar-refractivity contribution >= 4 is 33.1 Å². The number of aryl methyl sites for hydroxylation is 1. The number of sulfone groups is 1. The molecule has 4 nitrogen and oxygen atoms in total. The van der Waals surface area contributed by atoms with Crippen molar-refractivity contribution in [1.29, 1.82) is 0 Å². The maximum Gasteiger partial charge on any atom is 0.206 e. The van der Waals surface area contributed by atoms with Crippen molar-refractivity contribution in [2.45, 2.75) is 22.8 Å². The second-order valence-corrected chi connectivity index (χ2v) is 8.42. The largest absolute Gasteiger partial charge is 0.347 e. The lowest BCUT2D eigenvalue weighted by Gasteiger charge is -2.23. The number of benzene rings is 2. The molecular formula is C19H21ClN2O2S. The quantitative estimate of drug-likeness (QED) is 0.688. The van der Waals surface area contributed by atoms with Crippen LogP contribution in [-0.4, -0.2) is 31.5 Å². The third-order valence-corrected chi connectivity index (χ3v) is 6.70. The molecule has 0 N–H and O–H groups in total. The molecule has 0 aliphatic carbocycles. The maximum absolute atomic E-state index is 12.9. The molecule has 2 aromatic carbocycles.